The number of carbonyl (C=O) groups excluding carboxylic acids is 1. The lowest BCUT2D eigenvalue weighted by Gasteiger charge is -2.33. The number of hydrogen-bond donors (Lipinski definition) is 2. The maximum atomic E-state index is 11.8. The molecule has 0 unspecified atom stereocenters. The highest BCUT2D eigenvalue weighted by atomic mass is 16.2. The number of nitrogens with one attached hydrogen (secondary N) is 2. The molecule has 3 fully saturated rings. The summed E-state index contributed by atoms with van der Waals surface area (Å²) in [6.45, 7) is 6.06. The fourth-order valence-electron chi connectivity index (χ4n) is 3.37. The van der Waals surface area contributed by atoms with Crippen molar-refractivity contribution in [3.63, 3.8) is 0 Å². The molecular formula is C14H25N3O. The third-order valence-corrected chi connectivity index (χ3v) is 4.83. The Bertz CT molecular complexity index is 308. The predicted molar refractivity (Wildman–Crippen MR) is 71.3 cm³/mol. The number of nitrogens with zero attached hydrogens (tertiary/aromatic N) is 1. The molecule has 4 nitrogen and oxygen atoms in total. The molecule has 3 aliphatic rings. The number of carbonyl (C=O) groups is 1. The molecule has 2 aliphatic heterocycles. The van der Waals surface area contributed by atoms with Gasteiger partial charge in [0.15, 0.2) is 0 Å². The molecule has 1 aliphatic carbocycles. The molecular weight excluding hydrogens is 226 g/mol. The van der Waals surface area contributed by atoms with E-state index in [0.29, 0.717) is 12.0 Å². The van der Waals surface area contributed by atoms with Crippen molar-refractivity contribution in [2.24, 2.45) is 11.3 Å². The topological polar surface area (TPSA) is 44.4 Å². The van der Waals surface area contributed by atoms with Gasteiger partial charge < -0.3 is 10.6 Å². The van der Waals surface area contributed by atoms with Crippen LogP contribution in [0.2, 0.25) is 0 Å². The Balaban J connectivity index is 1.42. The van der Waals surface area contributed by atoms with E-state index >= 15 is 0 Å². The molecule has 18 heavy (non-hydrogen) atoms. The Kier molecular flexibility index (Phi) is 3.57. The zero-order valence-corrected chi connectivity index (χ0v) is 11.2. The van der Waals surface area contributed by atoms with Crippen molar-refractivity contribution >= 4 is 5.91 Å². The summed E-state index contributed by atoms with van der Waals surface area (Å²) in [4.78, 5) is 14.2. The van der Waals surface area contributed by atoms with E-state index in [0.717, 1.165) is 38.6 Å². The van der Waals surface area contributed by atoms with Crippen LogP contribution in [0.15, 0.2) is 0 Å². The molecule has 1 amide bonds. The molecule has 2 N–H and O–H groups in total. The first-order chi connectivity index (χ1) is 8.76. The molecule has 0 aromatic heterocycles. The average Bonchev–Trinajstić information content (AvgIpc) is 3.13. The van der Waals surface area contributed by atoms with Crippen molar-refractivity contribution < 1.29 is 4.79 Å². The minimum Gasteiger partial charge on any atom is -0.355 e. The lowest BCUT2D eigenvalue weighted by Crippen LogP contribution is -2.41. The maximum absolute atomic E-state index is 11.8. The molecule has 1 spiro atoms. The van der Waals surface area contributed by atoms with Crippen LogP contribution in [-0.2, 0) is 4.79 Å². The largest absolute Gasteiger partial charge is 0.355 e. The second-order valence-corrected chi connectivity index (χ2v) is 6.46. The van der Waals surface area contributed by atoms with E-state index in [1.807, 2.05) is 0 Å². The van der Waals surface area contributed by atoms with Gasteiger partial charge in [-0.15, -0.1) is 0 Å². The van der Waals surface area contributed by atoms with Crippen LogP contribution in [0.25, 0.3) is 0 Å². The lowest BCUT2D eigenvalue weighted by atomic mass is 9.78. The zero-order valence-electron chi connectivity index (χ0n) is 11.2. The molecule has 2 heterocycles. The molecule has 0 radical (unpaired) electrons. The Morgan fingerprint density at radius 3 is 2.78 bits per heavy atom. The van der Waals surface area contributed by atoms with Crippen LogP contribution in [-0.4, -0.2) is 50.1 Å². The SMILES string of the molecule is O=C(CN1CCC2(CCNCC2)C1)NCC1CC1. The van der Waals surface area contributed by atoms with E-state index in [1.54, 1.807) is 0 Å². The molecule has 0 bridgehead atoms. The van der Waals surface area contributed by atoms with Gasteiger partial charge in [-0.25, -0.2) is 0 Å². The van der Waals surface area contributed by atoms with Gasteiger partial charge in [0, 0.05) is 13.1 Å². The van der Waals surface area contributed by atoms with Crippen molar-refractivity contribution in [1.82, 2.24) is 15.5 Å². The smallest absolute Gasteiger partial charge is 0.234 e. The van der Waals surface area contributed by atoms with Gasteiger partial charge in [-0.2, -0.15) is 0 Å². The van der Waals surface area contributed by atoms with E-state index in [4.69, 9.17) is 0 Å². The number of likely N-dealkylation sites (tertiary alicyclic amines) is 1. The van der Waals surface area contributed by atoms with Gasteiger partial charge in [0.2, 0.25) is 5.91 Å². The van der Waals surface area contributed by atoms with Crippen molar-refractivity contribution in [2.75, 3.05) is 39.3 Å². The van der Waals surface area contributed by atoms with Gasteiger partial charge in [0.25, 0.3) is 0 Å². The van der Waals surface area contributed by atoms with Gasteiger partial charge in [-0.3, -0.25) is 9.69 Å². The summed E-state index contributed by atoms with van der Waals surface area (Å²) in [7, 11) is 0. The van der Waals surface area contributed by atoms with Crippen LogP contribution in [0.1, 0.15) is 32.1 Å². The van der Waals surface area contributed by atoms with E-state index in [9.17, 15) is 4.79 Å². The van der Waals surface area contributed by atoms with Crippen molar-refractivity contribution in [2.45, 2.75) is 32.1 Å². The third kappa shape index (κ3) is 3.04. The summed E-state index contributed by atoms with van der Waals surface area (Å²) < 4.78 is 0. The maximum Gasteiger partial charge on any atom is 0.234 e. The van der Waals surface area contributed by atoms with E-state index < -0.39 is 0 Å². The van der Waals surface area contributed by atoms with E-state index in [-0.39, 0.29) is 5.91 Å². The van der Waals surface area contributed by atoms with Crippen LogP contribution in [0, 0.1) is 11.3 Å². The molecule has 4 heteroatoms. The second-order valence-electron chi connectivity index (χ2n) is 6.46. The molecule has 0 aromatic carbocycles. The van der Waals surface area contributed by atoms with E-state index in [2.05, 4.69) is 15.5 Å². The highest BCUT2D eigenvalue weighted by Gasteiger charge is 2.39. The highest BCUT2D eigenvalue weighted by Crippen LogP contribution is 2.38. The lowest BCUT2D eigenvalue weighted by molar-refractivity contribution is -0.122. The monoisotopic (exact) mass is 251 g/mol. The number of piperidine rings is 1. The first kappa shape index (κ1) is 12.4. The van der Waals surface area contributed by atoms with Gasteiger partial charge >= 0.3 is 0 Å². The second kappa shape index (κ2) is 5.17. The third-order valence-electron chi connectivity index (χ3n) is 4.83. The minimum absolute atomic E-state index is 0.230. The fraction of sp³-hybridized carbons (Fsp3) is 0.929. The average molecular weight is 251 g/mol. The van der Waals surface area contributed by atoms with Gasteiger partial charge in [0.05, 0.1) is 6.54 Å². The van der Waals surface area contributed by atoms with Crippen LogP contribution < -0.4 is 10.6 Å². The summed E-state index contributed by atoms with van der Waals surface area (Å²) in [6, 6.07) is 0. The van der Waals surface area contributed by atoms with Crippen molar-refractivity contribution in [1.29, 1.82) is 0 Å². The van der Waals surface area contributed by atoms with Crippen molar-refractivity contribution in [3.8, 4) is 0 Å². The van der Waals surface area contributed by atoms with E-state index in [1.165, 1.54) is 32.1 Å². The zero-order chi connectivity index (χ0) is 12.4. The number of hydrogen-bond acceptors (Lipinski definition) is 3. The standard InChI is InChI=1S/C14H25N3O/c18-13(16-9-12-1-2-12)10-17-8-5-14(11-17)3-6-15-7-4-14/h12,15H,1-11H2,(H,16,18). The Morgan fingerprint density at radius 2 is 2.06 bits per heavy atom. The Morgan fingerprint density at radius 1 is 1.28 bits per heavy atom. The Hall–Kier alpha value is -0.610. The first-order valence-electron chi connectivity index (χ1n) is 7.46. The van der Waals surface area contributed by atoms with Gasteiger partial charge in [-0.1, -0.05) is 0 Å². The highest BCUT2D eigenvalue weighted by molar-refractivity contribution is 5.78. The fourth-order valence-corrected chi connectivity index (χ4v) is 3.37. The summed E-state index contributed by atoms with van der Waals surface area (Å²) in [5.41, 5.74) is 0.516. The molecule has 0 atom stereocenters. The Labute approximate surface area is 109 Å². The molecule has 1 saturated carbocycles. The minimum atomic E-state index is 0.230. The molecule has 2 saturated heterocycles. The number of amides is 1. The predicted octanol–water partition coefficient (Wildman–Crippen LogP) is 0.588. The van der Waals surface area contributed by atoms with Crippen LogP contribution in [0.5, 0.6) is 0 Å². The summed E-state index contributed by atoms with van der Waals surface area (Å²) in [5, 5.41) is 6.50. The molecule has 0 aromatic rings. The summed E-state index contributed by atoms with van der Waals surface area (Å²) >= 11 is 0. The van der Waals surface area contributed by atoms with Gasteiger partial charge in [0.1, 0.15) is 0 Å². The first-order valence-corrected chi connectivity index (χ1v) is 7.46. The molecule has 102 valence electrons. The molecule has 3 rings (SSSR count). The van der Waals surface area contributed by atoms with Gasteiger partial charge in [-0.05, 0) is 63.1 Å². The van der Waals surface area contributed by atoms with Crippen LogP contribution in [0.3, 0.4) is 0 Å². The van der Waals surface area contributed by atoms with Crippen LogP contribution in [0.4, 0.5) is 0 Å². The summed E-state index contributed by atoms with van der Waals surface area (Å²) in [6.07, 6.45) is 6.46. The van der Waals surface area contributed by atoms with Crippen molar-refractivity contribution in [3.05, 3.63) is 0 Å². The quantitative estimate of drug-likeness (QED) is 0.768. The number of rotatable bonds is 4. The van der Waals surface area contributed by atoms with Crippen LogP contribution >= 0.6 is 0 Å². The summed E-state index contributed by atoms with van der Waals surface area (Å²) in [5.74, 6) is 1.01. The normalized spacial score (nSPS) is 27.6.